The lowest BCUT2D eigenvalue weighted by atomic mass is 9.86. The fourth-order valence-electron chi connectivity index (χ4n) is 5.00. The number of aliphatic carboxylic acids is 2. The summed E-state index contributed by atoms with van der Waals surface area (Å²) in [4.78, 5) is 35.8. The van der Waals surface area contributed by atoms with Crippen LogP contribution in [-0.2, 0) is 20.7 Å². The van der Waals surface area contributed by atoms with E-state index in [2.05, 4.69) is 41.3 Å². The van der Waals surface area contributed by atoms with Crippen LogP contribution in [0.4, 0.5) is 4.79 Å². The van der Waals surface area contributed by atoms with Crippen LogP contribution in [0.1, 0.15) is 35.6 Å². The molecule has 2 aromatic carbocycles. The number of piperidine rings is 3. The van der Waals surface area contributed by atoms with Crippen LogP contribution in [-0.4, -0.2) is 70.3 Å². The standard InChI is InChI=1S/C23H26N2O2.C2H2O4/c26-23(27-21-16-24-13-10-18(21)11-14-24)25-15-12-17-6-4-5-9-20(17)22(25)19-7-2-1-3-8-19;3-1(4)2(5)6/h1-9,18,21-22H,10-16H2;(H,3,4)(H,5,6). The zero-order valence-electron chi connectivity index (χ0n) is 18.3. The SMILES string of the molecule is O=C(O)C(=O)O.O=C(OC1CN2CCC1CC2)N1CCc2ccccc2C1c1ccccc1. The highest BCUT2D eigenvalue weighted by molar-refractivity contribution is 6.27. The lowest BCUT2D eigenvalue weighted by Gasteiger charge is -2.45. The number of carboxylic acids is 2. The third kappa shape index (κ3) is 5.17. The molecule has 174 valence electrons. The summed E-state index contributed by atoms with van der Waals surface area (Å²) in [6.07, 6.45) is 3.09. The number of carbonyl (C=O) groups is 3. The monoisotopic (exact) mass is 452 g/mol. The molecule has 0 aromatic heterocycles. The van der Waals surface area contributed by atoms with Crippen molar-refractivity contribution in [1.29, 1.82) is 0 Å². The number of rotatable bonds is 2. The van der Waals surface area contributed by atoms with Gasteiger partial charge in [0, 0.05) is 13.1 Å². The van der Waals surface area contributed by atoms with Crippen LogP contribution >= 0.6 is 0 Å². The molecule has 2 unspecified atom stereocenters. The lowest BCUT2D eigenvalue weighted by molar-refractivity contribution is -0.159. The maximum Gasteiger partial charge on any atom is 0.414 e. The number of carboxylic acid groups (broad SMARTS) is 2. The Bertz CT molecular complexity index is 991. The summed E-state index contributed by atoms with van der Waals surface area (Å²) in [5.41, 5.74) is 3.70. The molecule has 0 spiro atoms. The Kier molecular flexibility index (Phi) is 6.93. The van der Waals surface area contributed by atoms with E-state index in [0.29, 0.717) is 12.5 Å². The van der Waals surface area contributed by atoms with Crippen molar-refractivity contribution in [3.05, 3.63) is 71.3 Å². The topological polar surface area (TPSA) is 107 Å². The van der Waals surface area contributed by atoms with Gasteiger partial charge in [-0.25, -0.2) is 14.4 Å². The molecule has 2 aromatic rings. The lowest BCUT2D eigenvalue weighted by Crippen LogP contribution is -2.53. The Morgan fingerprint density at radius 2 is 1.48 bits per heavy atom. The van der Waals surface area contributed by atoms with Crippen molar-refractivity contribution in [2.75, 3.05) is 26.2 Å². The van der Waals surface area contributed by atoms with Gasteiger partial charge in [0.1, 0.15) is 6.10 Å². The third-order valence-electron chi connectivity index (χ3n) is 6.66. The van der Waals surface area contributed by atoms with Gasteiger partial charge in [0.15, 0.2) is 0 Å². The van der Waals surface area contributed by atoms with Gasteiger partial charge in [-0.05, 0) is 55.0 Å². The first kappa shape index (κ1) is 22.8. The maximum absolute atomic E-state index is 13.2. The van der Waals surface area contributed by atoms with E-state index in [0.717, 1.165) is 44.5 Å². The average Bonchev–Trinajstić information content (AvgIpc) is 2.85. The number of ether oxygens (including phenoxy) is 1. The molecule has 0 aliphatic carbocycles. The summed E-state index contributed by atoms with van der Waals surface area (Å²) >= 11 is 0. The van der Waals surface area contributed by atoms with E-state index < -0.39 is 11.9 Å². The molecular formula is C25H28N2O6. The smallest absolute Gasteiger partial charge is 0.414 e. The number of hydrogen-bond donors (Lipinski definition) is 2. The van der Waals surface area contributed by atoms with Crippen molar-refractivity contribution in [1.82, 2.24) is 9.80 Å². The van der Waals surface area contributed by atoms with Crippen LogP contribution in [0.25, 0.3) is 0 Å². The normalized spacial score (nSPS) is 25.3. The molecule has 4 aliphatic heterocycles. The first-order chi connectivity index (χ1) is 15.9. The molecule has 4 heterocycles. The predicted octanol–water partition coefficient (Wildman–Crippen LogP) is 3.02. The third-order valence-corrected chi connectivity index (χ3v) is 6.66. The van der Waals surface area contributed by atoms with E-state index in [-0.39, 0.29) is 18.2 Å². The second kappa shape index (κ2) is 10.0. The van der Waals surface area contributed by atoms with E-state index in [4.69, 9.17) is 24.5 Å². The zero-order valence-corrected chi connectivity index (χ0v) is 18.3. The highest BCUT2D eigenvalue weighted by Crippen LogP contribution is 2.36. The molecule has 0 radical (unpaired) electrons. The van der Waals surface area contributed by atoms with E-state index >= 15 is 0 Å². The Balaban J connectivity index is 0.000000385. The van der Waals surface area contributed by atoms with Gasteiger partial charge in [-0.1, -0.05) is 54.6 Å². The highest BCUT2D eigenvalue weighted by Gasteiger charge is 2.39. The molecule has 8 heteroatoms. The van der Waals surface area contributed by atoms with Gasteiger partial charge in [-0.3, -0.25) is 9.80 Å². The molecule has 6 rings (SSSR count). The van der Waals surface area contributed by atoms with Gasteiger partial charge in [0.25, 0.3) is 0 Å². The van der Waals surface area contributed by atoms with Gasteiger partial charge in [0.05, 0.1) is 6.04 Å². The predicted molar refractivity (Wildman–Crippen MR) is 120 cm³/mol. The molecule has 33 heavy (non-hydrogen) atoms. The summed E-state index contributed by atoms with van der Waals surface area (Å²) in [6, 6.07) is 18.8. The van der Waals surface area contributed by atoms with Crippen molar-refractivity contribution in [2.45, 2.75) is 31.4 Å². The fraction of sp³-hybridized carbons (Fsp3) is 0.400. The summed E-state index contributed by atoms with van der Waals surface area (Å²) in [5.74, 6) is -3.11. The Labute approximate surface area is 192 Å². The van der Waals surface area contributed by atoms with Crippen LogP contribution in [0.3, 0.4) is 0 Å². The quantitative estimate of drug-likeness (QED) is 0.675. The Hall–Kier alpha value is -3.39. The van der Waals surface area contributed by atoms with Crippen LogP contribution in [0.5, 0.6) is 0 Å². The van der Waals surface area contributed by atoms with E-state index in [1.807, 2.05) is 23.1 Å². The van der Waals surface area contributed by atoms with Gasteiger partial charge in [-0.15, -0.1) is 0 Å². The number of amides is 1. The highest BCUT2D eigenvalue weighted by atomic mass is 16.6. The van der Waals surface area contributed by atoms with Crippen molar-refractivity contribution in [3.8, 4) is 0 Å². The van der Waals surface area contributed by atoms with Crippen LogP contribution in [0.15, 0.2) is 54.6 Å². The Morgan fingerprint density at radius 1 is 0.848 bits per heavy atom. The van der Waals surface area contributed by atoms with Crippen molar-refractivity contribution in [3.63, 3.8) is 0 Å². The number of benzene rings is 2. The van der Waals surface area contributed by atoms with E-state index in [9.17, 15) is 4.79 Å². The molecule has 3 fully saturated rings. The molecule has 2 atom stereocenters. The van der Waals surface area contributed by atoms with Gasteiger partial charge < -0.3 is 14.9 Å². The second-order valence-electron chi connectivity index (χ2n) is 8.63. The molecule has 3 saturated heterocycles. The molecule has 2 bridgehead atoms. The van der Waals surface area contributed by atoms with Crippen LogP contribution < -0.4 is 0 Å². The average molecular weight is 453 g/mol. The summed E-state index contributed by atoms with van der Waals surface area (Å²) in [7, 11) is 0. The van der Waals surface area contributed by atoms with Gasteiger partial charge >= 0.3 is 18.0 Å². The summed E-state index contributed by atoms with van der Waals surface area (Å²) in [5, 5.41) is 14.8. The molecule has 4 aliphatic rings. The van der Waals surface area contributed by atoms with Crippen molar-refractivity contribution in [2.24, 2.45) is 5.92 Å². The molecule has 8 nitrogen and oxygen atoms in total. The molecule has 2 N–H and O–H groups in total. The summed E-state index contributed by atoms with van der Waals surface area (Å²) < 4.78 is 6.08. The minimum Gasteiger partial charge on any atom is -0.473 e. The van der Waals surface area contributed by atoms with Crippen molar-refractivity contribution >= 4 is 18.0 Å². The first-order valence-corrected chi connectivity index (χ1v) is 11.2. The number of nitrogens with zero attached hydrogens (tertiary/aromatic N) is 2. The molecular weight excluding hydrogens is 424 g/mol. The minimum atomic E-state index is -1.82. The largest absolute Gasteiger partial charge is 0.473 e. The van der Waals surface area contributed by atoms with Crippen molar-refractivity contribution < 1.29 is 29.3 Å². The van der Waals surface area contributed by atoms with Gasteiger partial charge in [-0.2, -0.15) is 0 Å². The molecule has 1 amide bonds. The Morgan fingerprint density at radius 3 is 2.09 bits per heavy atom. The number of carbonyl (C=O) groups excluding carboxylic acids is 1. The number of fused-ring (bicyclic) bond motifs is 4. The fourth-order valence-corrected chi connectivity index (χ4v) is 5.00. The number of hydrogen-bond acceptors (Lipinski definition) is 5. The van der Waals surface area contributed by atoms with Crippen LogP contribution in [0.2, 0.25) is 0 Å². The van der Waals surface area contributed by atoms with E-state index in [1.165, 1.54) is 11.1 Å². The van der Waals surface area contributed by atoms with E-state index in [1.54, 1.807) is 0 Å². The zero-order chi connectivity index (χ0) is 23.4. The first-order valence-electron chi connectivity index (χ1n) is 11.2. The maximum atomic E-state index is 13.2. The molecule has 0 saturated carbocycles. The van der Waals surface area contributed by atoms with Crippen LogP contribution in [0, 0.1) is 5.92 Å². The summed E-state index contributed by atoms with van der Waals surface area (Å²) in [6.45, 7) is 3.91. The minimum absolute atomic E-state index is 0.0496. The second-order valence-corrected chi connectivity index (χ2v) is 8.63. The van der Waals surface area contributed by atoms with Gasteiger partial charge in [0.2, 0.25) is 0 Å².